The maximum absolute atomic E-state index is 12.4. The van der Waals surface area contributed by atoms with Crippen LogP contribution in [0.3, 0.4) is 0 Å². The lowest BCUT2D eigenvalue weighted by Crippen LogP contribution is -2.42. The number of hydrazone groups is 1. The van der Waals surface area contributed by atoms with Gasteiger partial charge in [-0.15, -0.1) is 0 Å². The first kappa shape index (κ1) is 12.1. The van der Waals surface area contributed by atoms with Gasteiger partial charge in [0.2, 0.25) is 5.91 Å². The highest BCUT2D eigenvalue weighted by molar-refractivity contribution is 6.14. The lowest BCUT2D eigenvalue weighted by atomic mass is 9.88. The highest BCUT2D eigenvalue weighted by atomic mass is 16.2. The standard InChI is InChI=1S/C17H15N3O/c21-16-10-12-11-18-15-9-5-4-8-14(15)17(12)19-20(16)13-6-2-1-3-7-13/h1-9,12,18H,10-11H2. The van der Waals surface area contributed by atoms with E-state index in [2.05, 4.69) is 22.6 Å². The first-order valence-electron chi connectivity index (χ1n) is 7.13. The number of hydrogen-bond donors (Lipinski definition) is 1. The third-order valence-electron chi connectivity index (χ3n) is 3.99. The van der Waals surface area contributed by atoms with E-state index < -0.39 is 0 Å². The van der Waals surface area contributed by atoms with Crippen molar-refractivity contribution < 1.29 is 4.79 Å². The molecule has 0 aliphatic carbocycles. The molecule has 4 rings (SSSR count). The minimum Gasteiger partial charge on any atom is -0.384 e. The molecule has 2 aromatic carbocycles. The number of rotatable bonds is 1. The molecule has 2 aromatic rings. The molecule has 0 fully saturated rings. The number of hydrogen-bond acceptors (Lipinski definition) is 3. The smallest absolute Gasteiger partial charge is 0.248 e. The molecule has 2 heterocycles. The number of benzene rings is 2. The predicted octanol–water partition coefficient (Wildman–Crippen LogP) is 2.87. The molecular formula is C17H15N3O. The first-order chi connectivity index (χ1) is 10.3. The fourth-order valence-corrected chi connectivity index (χ4v) is 2.95. The molecule has 2 aliphatic heterocycles. The van der Waals surface area contributed by atoms with Crippen molar-refractivity contribution in [2.45, 2.75) is 6.42 Å². The van der Waals surface area contributed by atoms with Gasteiger partial charge in [-0.3, -0.25) is 4.79 Å². The van der Waals surface area contributed by atoms with Gasteiger partial charge in [-0.2, -0.15) is 5.10 Å². The quantitative estimate of drug-likeness (QED) is 0.871. The molecule has 1 atom stereocenters. The Morgan fingerprint density at radius 2 is 1.81 bits per heavy atom. The Balaban J connectivity index is 1.82. The summed E-state index contributed by atoms with van der Waals surface area (Å²) in [5.74, 6) is 0.212. The Hall–Kier alpha value is -2.62. The molecule has 0 aromatic heterocycles. The van der Waals surface area contributed by atoms with Gasteiger partial charge in [0.15, 0.2) is 0 Å². The second kappa shape index (κ2) is 4.74. The molecule has 2 aliphatic rings. The van der Waals surface area contributed by atoms with E-state index >= 15 is 0 Å². The third kappa shape index (κ3) is 2.00. The zero-order chi connectivity index (χ0) is 14.2. The number of anilines is 2. The highest BCUT2D eigenvalue weighted by Gasteiger charge is 2.34. The second-order valence-electron chi connectivity index (χ2n) is 5.35. The van der Waals surface area contributed by atoms with Crippen molar-refractivity contribution in [1.29, 1.82) is 0 Å². The normalized spacial score (nSPS) is 20.2. The van der Waals surface area contributed by atoms with E-state index in [1.165, 1.54) is 5.01 Å². The Morgan fingerprint density at radius 1 is 1.05 bits per heavy atom. The molecule has 0 spiro atoms. The molecule has 1 amide bonds. The number of carbonyl (C=O) groups is 1. The van der Waals surface area contributed by atoms with Crippen LogP contribution in [0.4, 0.5) is 11.4 Å². The summed E-state index contributed by atoms with van der Waals surface area (Å²) >= 11 is 0. The lowest BCUT2D eigenvalue weighted by Gasteiger charge is -2.33. The van der Waals surface area contributed by atoms with E-state index in [0.29, 0.717) is 6.42 Å². The van der Waals surface area contributed by atoms with Crippen molar-refractivity contribution >= 4 is 23.0 Å². The monoisotopic (exact) mass is 277 g/mol. The average Bonchev–Trinajstić information content (AvgIpc) is 2.55. The van der Waals surface area contributed by atoms with Gasteiger partial charge in [0.25, 0.3) is 0 Å². The van der Waals surface area contributed by atoms with Crippen molar-refractivity contribution in [1.82, 2.24) is 0 Å². The van der Waals surface area contributed by atoms with Gasteiger partial charge in [0.05, 0.1) is 11.4 Å². The molecule has 1 N–H and O–H groups in total. The maximum Gasteiger partial charge on any atom is 0.248 e. The van der Waals surface area contributed by atoms with Gasteiger partial charge in [0, 0.05) is 30.1 Å². The van der Waals surface area contributed by atoms with Crippen molar-refractivity contribution in [2.24, 2.45) is 11.0 Å². The van der Waals surface area contributed by atoms with E-state index in [1.807, 2.05) is 42.5 Å². The van der Waals surface area contributed by atoms with Crippen LogP contribution in [0.15, 0.2) is 59.7 Å². The molecule has 104 valence electrons. The molecule has 0 saturated heterocycles. The SMILES string of the molecule is O=C1CC2CNc3ccccc3C2=NN1c1ccccc1. The van der Waals surface area contributed by atoms with Crippen LogP contribution in [-0.2, 0) is 4.79 Å². The van der Waals surface area contributed by atoms with Crippen LogP contribution < -0.4 is 10.3 Å². The van der Waals surface area contributed by atoms with Crippen molar-refractivity contribution in [3.05, 3.63) is 60.2 Å². The van der Waals surface area contributed by atoms with Crippen LogP contribution in [0.1, 0.15) is 12.0 Å². The van der Waals surface area contributed by atoms with Crippen LogP contribution in [-0.4, -0.2) is 18.2 Å². The molecule has 21 heavy (non-hydrogen) atoms. The first-order valence-corrected chi connectivity index (χ1v) is 7.13. The average molecular weight is 277 g/mol. The van der Waals surface area contributed by atoms with Gasteiger partial charge in [-0.05, 0) is 18.2 Å². The Labute approximate surface area is 123 Å². The number of fused-ring (bicyclic) bond motifs is 3. The third-order valence-corrected chi connectivity index (χ3v) is 3.99. The van der Waals surface area contributed by atoms with E-state index in [4.69, 9.17) is 0 Å². The van der Waals surface area contributed by atoms with Gasteiger partial charge >= 0.3 is 0 Å². The van der Waals surface area contributed by atoms with Crippen LogP contribution in [0.2, 0.25) is 0 Å². The number of amides is 1. The van der Waals surface area contributed by atoms with Gasteiger partial charge in [0.1, 0.15) is 0 Å². The fraction of sp³-hybridized carbons (Fsp3) is 0.176. The van der Waals surface area contributed by atoms with E-state index in [0.717, 1.165) is 29.2 Å². The molecule has 0 saturated carbocycles. The van der Waals surface area contributed by atoms with Crippen molar-refractivity contribution in [3.63, 3.8) is 0 Å². The van der Waals surface area contributed by atoms with Crippen LogP contribution in [0.25, 0.3) is 0 Å². The van der Waals surface area contributed by atoms with Crippen LogP contribution in [0.5, 0.6) is 0 Å². The maximum atomic E-state index is 12.4. The predicted molar refractivity (Wildman–Crippen MR) is 83.5 cm³/mol. The van der Waals surface area contributed by atoms with Gasteiger partial charge in [-0.1, -0.05) is 36.4 Å². The Kier molecular flexibility index (Phi) is 2.74. The summed E-state index contributed by atoms with van der Waals surface area (Å²) in [5.41, 5.74) is 4.02. The highest BCUT2D eigenvalue weighted by Crippen LogP contribution is 2.31. The number of carbonyl (C=O) groups excluding carboxylic acids is 1. The molecule has 1 unspecified atom stereocenters. The van der Waals surface area contributed by atoms with E-state index in [1.54, 1.807) is 0 Å². The molecule has 0 radical (unpaired) electrons. The zero-order valence-electron chi connectivity index (χ0n) is 11.5. The zero-order valence-corrected chi connectivity index (χ0v) is 11.5. The number of para-hydroxylation sites is 2. The fourth-order valence-electron chi connectivity index (χ4n) is 2.95. The largest absolute Gasteiger partial charge is 0.384 e. The van der Waals surface area contributed by atoms with E-state index in [-0.39, 0.29) is 11.8 Å². The minimum atomic E-state index is 0.0520. The van der Waals surface area contributed by atoms with Gasteiger partial charge in [-0.25, -0.2) is 5.01 Å². The van der Waals surface area contributed by atoms with Crippen molar-refractivity contribution in [2.75, 3.05) is 16.9 Å². The molecule has 4 nitrogen and oxygen atoms in total. The topological polar surface area (TPSA) is 44.7 Å². The number of nitrogens with zero attached hydrogens (tertiary/aromatic N) is 2. The summed E-state index contributed by atoms with van der Waals surface area (Å²) in [6.07, 6.45) is 0.495. The summed E-state index contributed by atoms with van der Waals surface area (Å²) in [6.45, 7) is 0.768. The van der Waals surface area contributed by atoms with Crippen LogP contribution in [0, 0.1) is 5.92 Å². The van der Waals surface area contributed by atoms with Crippen LogP contribution >= 0.6 is 0 Å². The second-order valence-corrected chi connectivity index (χ2v) is 5.35. The Bertz CT molecular complexity index is 724. The molecular weight excluding hydrogens is 262 g/mol. The summed E-state index contributed by atoms with van der Waals surface area (Å²) in [5, 5.41) is 9.58. The summed E-state index contributed by atoms with van der Waals surface area (Å²) in [7, 11) is 0. The number of nitrogens with one attached hydrogen (secondary N) is 1. The van der Waals surface area contributed by atoms with E-state index in [9.17, 15) is 4.79 Å². The summed E-state index contributed by atoms with van der Waals surface area (Å²) in [4.78, 5) is 12.4. The van der Waals surface area contributed by atoms with Gasteiger partial charge < -0.3 is 5.32 Å². The molecule has 0 bridgehead atoms. The summed E-state index contributed by atoms with van der Waals surface area (Å²) < 4.78 is 0. The summed E-state index contributed by atoms with van der Waals surface area (Å²) in [6, 6.07) is 17.7. The molecule has 4 heteroatoms. The lowest BCUT2D eigenvalue weighted by molar-refractivity contribution is -0.119. The van der Waals surface area contributed by atoms with Crippen molar-refractivity contribution in [3.8, 4) is 0 Å². The Morgan fingerprint density at radius 3 is 2.67 bits per heavy atom. The minimum absolute atomic E-state index is 0.0520.